The van der Waals surface area contributed by atoms with Gasteiger partial charge in [-0.3, -0.25) is 4.79 Å². The zero-order valence-corrected chi connectivity index (χ0v) is 7.95. The molecule has 1 aromatic carbocycles. The highest BCUT2D eigenvalue weighted by atomic mass is 16.1. The van der Waals surface area contributed by atoms with Crippen molar-refractivity contribution in [2.45, 2.75) is 6.42 Å². The van der Waals surface area contributed by atoms with E-state index < -0.39 is 0 Å². The van der Waals surface area contributed by atoms with Gasteiger partial charge in [0.2, 0.25) is 5.91 Å². The average molecular weight is 199 g/mol. The van der Waals surface area contributed by atoms with Crippen LogP contribution in [0, 0.1) is 0 Å². The predicted octanol–water partition coefficient (Wildman–Crippen LogP) is 1.57. The lowest BCUT2D eigenvalue weighted by atomic mass is 10.1. The monoisotopic (exact) mass is 199 g/mol. The summed E-state index contributed by atoms with van der Waals surface area (Å²) in [5.74, 6) is 0.0618. The number of imidazole rings is 1. The fourth-order valence-electron chi connectivity index (χ4n) is 1.80. The largest absolute Gasteiger partial charge is 0.345 e. The van der Waals surface area contributed by atoms with E-state index in [1.54, 1.807) is 12.5 Å². The second-order valence-electron chi connectivity index (χ2n) is 3.56. The van der Waals surface area contributed by atoms with Gasteiger partial charge in [0.05, 0.1) is 24.6 Å². The number of benzene rings is 1. The molecule has 2 N–H and O–H groups in total. The molecule has 0 atom stereocenters. The molecule has 1 aromatic heterocycles. The Bertz CT molecular complexity index is 517. The van der Waals surface area contributed by atoms with Crippen LogP contribution in [-0.4, -0.2) is 15.9 Å². The number of fused-ring (bicyclic) bond motifs is 1. The number of nitrogens with one attached hydrogen (secondary N) is 2. The molecule has 0 unspecified atom stereocenters. The van der Waals surface area contributed by atoms with Crippen molar-refractivity contribution in [2.24, 2.45) is 0 Å². The number of hydrogen-bond donors (Lipinski definition) is 2. The standard InChI is InChI=1S/C11H9N3O/c15-11-4-8-2-1-7(3-9(8)14-11)10-5-12-6-13-10/h1-3,5-6H,4H2,(H,12,13)(H,14,15). The maximum absolute atomic E-state index is 11.2. The van der Waals surface area contributed by atoms with Gasteiger partial charge in [-0.2, -0.15) is 0 Å². The van der Waals surface area contributed by atoms with Gasteiger partial charge >= 0.3 is 0 Å². The van der Waals surface area contributed by atoms with Gasteiger partial charge < -0.3 is 10.3 Å². The van der Waals surface area contributed by atoms with Gasteiger partial charge in [-0.1, -0.05) is 12.1 Å². The summed E-state index contributed by atoms with van der Waals surface area (Å²) in [6.45, 7) is 0. The van der Waals surface area contributed by atoms with E-state index in [4.69, 9.17) is 0 Å². The lowest BCUT2D eigenvalue weighted by Gasteiger charge is -2.01. The van der Waals surface area contributed by atoms with E-state index >= 15 is 0 Å². The third-order valence-electron chi connectivity index (χ3n) is 2.54. The molecule has 15 heavy (non-hydrogen) atoms. The number of anilines is 1. The molecule has 0 saturated carbocycles. The summed E-state index contributed by atoms with van der Waals surface area (Å²) in [6.07, 6.45) is 3.89. The van der Waals surface area contributed by atoms with Crippen LogP contribution in [0.5, 0.6) is 0 Å². The highest BCUT2D eigenvalue weighted by molar-refractivity contribution is 5.99. The Labute approximate surface area is 86.4 Å². The molecule has 2 heterocycles. The third-order valence-corrected chi connectivity index (χ3v) is 2.54. The van der Waals surface area contributed by atoms with Crippen molar-refractivity contribution in [2.75, 3.05) is 5.32 Å². The van der Waals surface area contributed by atoms with Crippen molar-refractivity contribution < 1.29 is 4.79 Å². The molecule has 1 aliphatic rings. The van der Waals surface area contributed by atoms with Crippen molar-refractivity contribution in [3.8, 4) is 11.3 Å². The first kappa shape index (κ1) is 8.23. The van der Waals surface area contributed by atoms with Crippen molar-refractivity contribution in [1.82, 2.24) is 9.97 Å². The number of nitrogens with zero attached hydrogens (tertiary/aromatic N) is 1. The Morgan fingerprint density at radius 3 is 3.07 bits per heavy atom. The molecule has 1 amide bonds. The van der Waals surface area contributed by atoms with Crippen LogP contribution in [0.4, 0.5) is 5.69 Å². The summed E-state index contributed by atoms with van der Waals surface area (Å²) in [7, 11) is 0. The van der Waals surface area contributed by atoms with E-state index in [9.17, 15) is 4.79 Å². The first-order valence-corrected chi connectivity index (χ1v) is 4.74. The van der Waals surface area contributed by atoms with Gasteiger partial charge in [-0.05, 0) is 11.6 Å². The molecule has 2 aromatic rings. The van der Waals surface area contributed by atoms with Crippen LogP contribution >= 0.6 is 0 Å². The number of rotatable bonds is 1. The molecule has 0 aliphatic carbocycles. The molecule has 0 spiro atoms. The van der Waals surface area contributed by atoms with Gasteiger partial charge in [0.25, 0.3) is 0 Å². The van der Waals surface area contributed by atoms with Crippen molar-refractivity contribution in [3.63, 3.8) is 0 Å². The maximum atomic E-state index is 11.2. The average Bonchev–Trinajstić information content (AvgIpc) is 2.82. The number of H-pyrrole nitrogens is 1. The van der Waals surface area contributed by atoms with Gasteiger partial charge in [0, 0.05) is 11.3 Å². The lowest BCUT2D eigenvalue weighted by Crippen LogP contribution is -2.03. The normalized spacial score (nSPS) is 13.7. The molecule has 0 fully saturated rings. The second kappa shape index (κ2) is 2.95. The molecule has 0 radical (unpaired) electrons. The fraction of sp³-hybridized carbons (Fsp3) is 0.0909. The fourth-order valence-corrected chi connectivity index (χ4v) is 1.80. The van der Waals surface area contributed by atoms with Crippen molar-refractivity contribution in [1.29, 1.82) is 0 Å². The van der Waals surface area contributed by atoms with Crippen LogP contribution in [0.3, 0.4) is 0 Å². The summed E-state index contributed by atoms with van der Waals surface area (Å²) in [5.41, 5.74) is 3.96. The number of amides is 1. The van der Waals surface area contributed by atoms with Gasteiger partial charge in [0.1, 0.15) is 0 Å². The molecule has 0 bridgehead atoms. The zero-order valence-electron chi connectivity index (χ0n) is 7.95. The van der Waals surface area contributed by atoms with E-state index in [2.05, 4.69) is 15.3 Å². The molecule has 1 aliphatic heterocycles. The molecule has 0 saturated heterocycles. The van der Waals surface area contributed by atoms with E-state index in [0.717, 1.165) is 22.5 Å². The Kier molecular flexibility index (Phi) is 1.62. The van der Waals surface area contributed by atoms with Gasteiger partial charge in [0.15, 0.2) is 0 Å². The topological polar surface area (TPSA) is 57.8 Å². The maximum Gasteiger partial charge on any atom is 0.228 e. The van der Waals surface area contributed by atoms with E-state index in [0.29, 0.717) is 6.42 Å². The number of hydrogen-bond acceptors (Lipinski definition) is 2. The van der Waals surface area contributed by atoms with Crippen LogP contribution in [0.25, 0.3) is 11.3 Å². The van der Waals surface area contributed by atoms with Crippen LogP contribution in [0.2, 0.25) is 0 Å². The predicted molar refractivity (Wildman–Crippen MR) is 56.4 cm³/mol. The number of carbonyl (C=O) groups excluding carboxylic acids is 1. The van der Waals surface area contributed by atoms with Crippen LogP contribution in [-0.2, 0) is 11.2 Å². The Hall–Kier alpha value is -2.10. The molecule has 3 rings (SSSR count). The second-order valence-corrected chi connectivity index (χ2v) is 3.56. The first-order chi connectivity index (χ1) is 7.33. The van der Waals surface area contributed by atoms with Crippen LogP contribution in [0.15, 0.2) is 30.7 Å². The minimum Gasteiger partial charge on any atom is -0.345 e. The highest BCUT2D eigenvalue weighted by Crippen LogP contribution is 2.28. The Morgan fingerprint density at radius 2 is 2.27 bits per heavy atom. The summed E-state index contributed by atoms with van der Waals surface area (Å²) in [6, 6.07) is 5.93. The Balaban J connectivity index is 2.07. The molecule has 4 nitrogen and oxygen atoms in total. The minimum absolute atomic E-state index is 0.0618. The van der Waals surface area contributed by atoms with Gasteiger partial charge in [-0.25, -0.2) is 4.98 Å². The summed E-state index contributed by atoms with van der Waals surface area (Å²) in [5, 5.41) is 2.83. The molecular formula is C11H9N3O. The van der Waals surface area contributed by atoms with E-state index in [1.165, 1.54) is 0 Å². The first-order valence-electron chi connectivity index (χ1n) is 4.74. The third kappa shape index (κ3) is 1.30. The van der Waals surface area contributed by atoms with E-state index in [-0.39, 0.29) is 5.91 Å². The van der Waals surface area contributed by atoms with Crippen LogP contribution < -0.4 is 5.32 Å². The lowest BCUT2D eigenvalue weighted by molar-refractivity contribution is -0.115. The number of carbonyl (C=O) groups is 1. The minimum atomic E-state index is 0.0618. The molecule has 4 heteroatoms. The number of aromatic nitrogens is 2. The van der Waals surface area contributed by atoms with Gasteiger partial charge in [-0.15, -0.1) is 0 Å². The summed E-state index contributed by atoms with van der Waals surface area (Å²) >= 11 is 0. The summed E-state index contributed by atoms with van der Waals surface area (Å²) in [4.78, 5) is 18.2. The van der Waals surface area contributed by atoms with Crippen molar-refractivity contribution >= 4 is 11.6 Å². The van der Waals surface area contributed by atoms with Crippen molar-refractivity contribution in [3.05, 3.63) is 36.3 Å². The van der Waals surface area contributed by atoms with E-state index in [1.807, 2.05) is 18.2 Å². The molecule has 74 valence electrons. The molecular weight excluding hydrogens is 190 g/mol. The summed E-state index contributed by atoms with van der Waals surface area (Å²) < 4.78 is 0. The van der Waals surface area contributed by atoms with Crippen LogP contribution in [0.1, 0.15) is 5.56 Å². The zero-order chi connectivity index (χ0) is 10.3. The highest BCUT2D eigenvalue weighted by Gasteiger charge is 2.17. The smallest absolute Gasteiger partial charge is 0.228 e. The SMILES string of the molecule is O=C1Cc2ccc(-c3cnc[nH]3)cc2N1. The number of aromatic amines is 1. The quantitative estimate of drug-likeness (QED) is 0.732. The Morgan fingerprint density at radius 1 is 1.33 bits per heavy atom.